The number of carbonyl (C=O) groups is 3. The monoisotopic (exact) mass is 408 g/mol. The van der Waals surface area contributed by atoms with E-state index in [1.54, 1.807) is 18.2 Å². The van der Waals surface area contributed by atoms with Gasteiger partial charge in [-0.1, -0.05) is 17.7 Å². The molecule has 2 amide bonds. The second-order valence-corrected chi connectivity index (χ2v) is 6.25. The van der Waals surface area contributed by atoms with E-state index in [4.69, 9.17) is 4.74 Å². The molecule has 0 radical (unpaired) electrons. The Balaban J connectivity index is 1.82. The molecule has 0 spiro atoms. The summed E-state index contributed by atoms with van der Waals surface area (Å²) < 4.78 is 42.5. The first-order valence-corrected chi connectivity index (χ1v) is 8.59. The van der Waals surface area contributed by atoms with E-state index in [0.717, 1.165) is 29.8 Å². The molecule has 0 heterocycles. The van der Waals surface area contributed by atoms with Crippen LogP contribution < -0.4 is 10.6 Å². The van der Waals surface area contributed by atoms with Crippen LogP contribution in [0.15, 0.2) is 48.5 Å². The molecule has 0 aromatic heterocycles. The van der Waals surface area contributed by atoms with E-state index in [1.165, 1.54) is 6.92 Å². The third kappa shape index (κ3) is 6.63. The molecule has 2 N–H and O–H groups in total. The van der Waals surface area contributed by atoms with Gasteiger partial charge in [0.1, 0.15) is 6.54 Å². The standard InChI is InChI=1S/C20H19F3N2O4/c1-12-4-3-5-14(10-12)19(28)24-11-17(26)29-13(2)18(27)25-16-8-6-15(7-9-16)20(21,22)23/h3-10,13H,11H2,1-2H3,(H,24,28)(H,25,27)/t13-/m1/s1. The molecule has 0 aliphatic heterocycles. The van der Waals surface area contributed by atoms with Crippen molar-refractivity contribution in [2.24, 2.45) is 0 Å². The number of esters is 1. The molecule has 0 bridgehead atoms. The Morgan fingerprint density at radius 3 is 2.31 bits per heavy atom. The Labute approximate surface area is 165 Å². The van der Waals surface area contributed by atoms with Gasteiger partial charge in [-0.3, -0.25) is 14.4 Å². The maximum absolute atomic E-state index is 12.5. The van der Waals surface area contributed by atoms with Crippen molar-refractivity contribution in [1.29, 1.82) is 0 Å². The number of hydrogen-bond acceptors (Lipinski definition) is 4. The average Bonchev–Trinajstić information content (AvgIpc) is 2.65. The van der Waals surface area contributed by atoms with E-state index in [9.17, 15) is 27.6 Å². The third-order valence-corrected chi connectivity index (χ3v) is 3.83. The lowest BCUT2D eigenvalue weighted by molar-refractivity contribution is -0.152. The van der Waals surface area contributed by atoms with Crippen LogP contribution in [0.4, 0.5) is 18.9 Å². The zero-order chi connectivity index (χ0) is 21.6. The van der Waals surface area contributed by atoms with Gasteiger partial charge in [-0.15, -0.1) is 0 Å². The molecular formula is C20H19F3N2O4. The quantitative estimate of drug-likeness (QED) is 0.719. The van der Waals surface area contributed by atoms with Gasteiger partial charge in [0.15, 0.2) is 6.10 Å². The normalized spacial score (nSPS) is 12.0. The van der Waals surface area contributed by atoms with Gasteiger partial charge in [0.2, 0.25) is 0 Å². The summed E-state index contributed by atoms with van der Waals surface area (Å²) in [5.74, 6) is -2.02. The highest BCUT2D eigenvalue weighted by atomic mass is 19.4. The molecule has 0 aliphatic rings. The van der Waals surface area contributed by atoms with Crippen molar-refractivity contribution in [1.82, 2.24) is 5.32 Å². The summed E-state index contributed by atoms with van der Waals surface area (Å²) in [6.07, 6.45) is -5.69. The number of hydrogen-bond donors (Lipinski definition) is 2. The number of halogens is 3. The van der Waals surface area contributed by atoms with Crippen LogP contribution in [0.1, 0.15) is 28.4 Å². The molecule has 2 aromatic carbocycles. The highest BCUT2D eigenvalue weighted by Crippen LogP contribution is 2.29. The number of ether oxygens (including phenoxy) is 1. The zero-order valence-electron chi connectivity index (χ0n) is 15.7. The minimum atomic E-state index is -4.48. The van der Waals surface area contributed by atoms with Crippen LogP contribution >= 0.6 is 0 Å². The fourth-order valence-corrected chi connectivity index (χ4v) is 2.32. The Morgan fingerprint density at radius 2 is 1.72 bits per heavy atom. The van der Waals surface area contributed by atoms with Crippen molar-refractivity contribution >= 4 is 23.5 Å². The van der Waals surface area contributed by atoms with Crippen molar-refractivity contribution in [3.63, 3.8) is 0 Å². The van der Waals surface area contributed by atoms with Gasteiger partial charge in [0.25, 0.3) is 11.8 Å². The smallest absolute Gasteiger partial charge is 0.416 e. The molecule has 0 saturated carbocycles. The number of alkyl halides is 3. The SMILES string of the molecule is Cc1cccc(C(=O)NCC(=O)O[C@H](C)C(=O)Nc2ccc(C(F)(F)F)cc2)c1. The maximum Gasteiger partial charge on any atom is 0.416 e. The summed E-state index contributed by atoms with van der Waals surface area (Å²) in [4.78, 5) is 35.8. The lowest BCUT2D eigenvalue weighted by atomic mass is 10.1. The zero-order valence-corrected chi connectivity index (χ0v) is 15.7. The lowest BCUT2D eigenvalue weighted by Gasteiger charge is -2.14. The van der Waals surface area contributed by atoms with E-state index in [1.807, 2.05) is 13.0 Å². The highest BCUT2D eigenvalue weighted by Gasteiger charge is 2.30. The molecule has 0 unspecified atom stereocenters. The highest BCUT2D eigenvalue weighted by molar-refractivity contribution is 5.97. The first-order valence-electron chi connectivity index (χ1n) is 8.59. The first-order chi connectivity index (χ1) is 13.6. The second-order valence-electron chi connectivity index (χ2n) is 6.25. The summed E-state index contributed by atoms with van der Waals surface area (Å²) in [7, 11) is 0. The summed E-state index contributed by atoms with van der Waals surface area (Å²) in [5.41, 5.74) is 0.539. The minimum Gasteiger partial charge on any atom is -0.451 e. The van der Waals surface area contributed by atoms with Gasteiger partial charge in [0, 0.05) is 11.3 Å². The van der Waals surface area contributed by atoms with Crippen molar-refractivity contribution in [2.75, 3.05) is 11.9 Å². The van der Waals surface area contributed by atoms with Crippen LogP contribution in [-0.4, -0.2) is 30.4 Å². The van der Waals surface area contributed by atoms with Gasteiger partial charge < -0.3 is 15.4 Å². The molecule has 6 nitrogen and oxygen atoms in total. The van der Waals surface area contributed by atoms with Crippen LogP contribution in [-0.2, 0) is 20.5 Å². The number of carbonyl (C=O) groups excluding carboxylic acids is 3. The summed E-state index contributed by atoms with van der Waals surface area (Å²) in [6.45, 7) is 2.69. The van der Waals surface area contributed by atoms with Crippen molar-refractivity contribution in [2.45, 2.75) is 26.1 Å². The van der Waals surface area contributed by atoms with Crippen molar-refractivity contribution < 1.29 is 32.3 Å². The minimum absolute atomic E-state index is 0.124. The third-order valence-electron chi connectivity index (χ3n) is 3.83. The number of aryl methyl sites for hydroxylation is 1. The molecule has 0 saturated heterocycles. The number of anilines is 1. The number of rotatable bonds is 6. The molecule has 1 atom stereocenters. The fraction of sp³-hybridized carbons (Fsp3) is 0.250. The van der Waals surface area contributed by atoms with Crippen molar-refractivity contribution in [3.8, 4) is 0 Å². The van der Waals surface area contributed by atoms with Gasteiger partial charge in [-0.2, -0.15) is 13.2 Å². The molecule has 2 rings (SSSR count). The maximum atomic E-state index is 12.5. The largest absolute Gasteiger partial charge is 0.451 e. The molecule has 0 aliphatic carbocycles. The topological polar surface area (TPSA) is 84.5 Å². The van der Waals surface area contributed by atoms with E-state index >= 15 is 0 Å². The van der Waals surface area contributed by atoms with Crippen LogP contribution in [0, 0.1) is 6.92 Å². The Bertz CT molecular complexity index is 895. The molecule has 0 fully saturated rings. The molecular weight excluding hydrogens is 389 g/mol. The average molecular weight is 408 g/mol. The molecule has 2 aromatic rings. The fourth-order valence-electron chi connectivity index (χ4n) is 2.32. The predicted octanol–water partition coefficient (Wildman–Crippen LogP) is 3.31. The molecule has 154 valence electrons. The number of nitrogens with one attached hydrogen (secondary N) is 2. The Hall–Kier alpha value is -3.36. The van der Waals surface area contributed by atoms with Gasteiger partial charge >= 0.3 is 12.1 Å². The van der Waals surface area contributed by atoms with Crippen molar-refractivity contribution in [3.05, 3.63) is 65.2 Å². The van der Waals surface area contributed by atoms with Gasteiger partial charge in [-0.05, 0) is 50.2 Å². The summed E-state index contributed by atoms with van der Waals surface area (Å²) in [5, 5.41) is 4.74. The van der Waals surface area contributed by atoms with Crippen LogP contribution in [0.25, 0.3) is 0 Å². The first kappa shape index (κ1) is 21.9. The van der Waals surface area contributed by atoms with Crippen LogP contribution in [0.5, 0.6) is 0 Å². The number of benzene rings is 2. The summed E-state index contributed by atoms with van der Waals surface area (Å²) in [6, 6.07) is 10.6. The number of amides is 2. The van der Waals surface area contributed by atoms with Crippen LogP contribution in [0.2, 0.25) is 0 Å². The lowest BCUT2D eigenvalue weighted by Crippen LogP contribution is -2.35. The van der Waals surface area contributed by atoms with Crippen LogP contribution in [0.3, 0.4) is 0 Å². The van der Waals surface area contributed by atoms with E-state index in [-0.39, 0.29) is 5.69 Å². The molecule has 29 heavy (non-hydrogen) atoms. The van der Waals surface area contributed by atoms with Gasteiger partial charge in [0.05, 0.1) is 5.56 Å². The Morgan fingerprint density at radius 1 is 1.07 bits per heavy atom. The Kier molecular flexibility index (Phi) is 6.98. The second kappa shape index (κ2) is 9.22. The predicted molar refractivity (Wildman–Crippen MR) is 99.1 cm³/mol. The molecule has 9 heteroatoms. The van der Waals surface area contributed by atoms with E-state index in [2.05, 4.69) is 10.6 Å². The van der Waals surface area contributed by atoms with E-state index in [0.29, 0.717) is 5.56 Å². The summed E-state index contributed by atoms with van der Waals surface area (Å²) >= 11 is 0. The van der Waals surface area contributed by atoms with Gasteiger partial charge in [-0.25, -0.2) is 0 Å². The van der Waals surface area contributed by atoms with E-state index < -0.39 is 42.2 Å².